The molecule has 124 valence electrons. The fourth-order valence-electron chi connectivity index (χ4n) is 2.24. The van der Waals surface area contributed by atoms with Crippen molar-refractivity contribution in [1.82, 2.24) is 0 Å². The second-order valence-corrected chi connectivity index (χ2v) is 5.85. The van der Waals surface area contributed by atoms with Crippen LogP contribution in [0.4, 0.5) is 0 Å². The molecular weight excluding hydrogens is 359 g/mol. The number of fused-ring (bicyclic) bond motifs is 1. The fourth-order valence-corrected chi connectivity index (χ4v) is 2.61. The van der Waals surface area contributed by atoms with E-state index in [4.69, 9.17) is 13.7 Å². The fraction of sp³-hybridized carbons (Fsp3) is 0.0625. The van der Waals surface area contributed by atoms with E-state index in [1.165, 1.54) is 25.3 Å². The van der Waals surface area contributed by atoms with E-state index in [1.807, 2.05) is 0 Å². The summed E-state index contributed by atoms with van der Waals surface area (Å²) in [7, 11) is -3.43. The van der Waals surface area contributed by atoms with Gasteiger partial charge in [-0.1, -0.05) is 30.3 Å². The molecule has 0 aliphatic carbocycles. The predicted molar refractivity (Wildman–Crippen MR) is 86.6 cm³/mol. The Bertz CT molecular complexity index is 1060. The van der Waals surface area contributed by atoms with Crippen LogP contribution in [-0.2, 0) is 10.4 Å². The van der Waals surface area contributed by atoms with Gasteiger partial charge in [0.25, 0.3) is 0 Å². The van der Waals surface area contributed by atoms with E-state index in [0.717, 1.165) is 0 Å². The Kier molecular flexibility index (Phi) is 5.91. The van der Waals surface area contributed by atoms with Gasteiger partial charge in [-0.25, -0.2) is 0 Å². The van der Waals surface area contributed by atoms with Crippen molar-refractivity contribution in [3.8, 4) is 22.8 Å². The molecular formula is C16H12NaO7S+. The Hall–Kier alpha value is -1.84. The molecule has 3 aromatic rings. The van der Waals surface area contributed by atoms with Gasteiger partial charge in [0.1, 0.15) is 11.3 Å². The minimum atomic E-state index is -4.90. The van der Waals surface area contributed by atoms with Crippen LogP contribution >= 0.6 is 0 Å². The molecule has 0 aliphatic rings. The molecule has 0 unspecified atom stereocenters. The normalized spacial score (nSPS) is 11.0. The summed E-state index contributed by atoms with van der Waals surface area (Å²) in [5.41, 5.74) is -0.116. The predicted octanol–water partition coefficient (Wildman–Crippen LogP) is -0.346. The maximum absolute atomic E-state index is 12.6. The van der Waals surface area contributed by atoms with Crippen molar-refractivity contribution < 1.29 is 55.9 Å². The Morgan fingerprint density at radius 2 is 1.76 bits per heavy atom. The number of methoxy groups -OCH3 is 1. The topological polar surface area (TPSA) is 103 Å². The van der Waals surface area contributed by atoms with E-state index >= 15 is 0 Å². The van der Waals surface area contributed by atoms with E-state index in [9.17, 15) is 13.2 Å². The summed E-state index contributed by atoms with van der Waals surface area (Å²) in [6.07, 6.45) is 0. The van der Waals surface area contributed by atoms with Gasteiger partial charge in [-0.3, -0.25) is 9.35 Å². The maximum atomic E-state index is 12.6. The SMILES string of the molecule is COc1ccc2c(=O)c(OS(=O)(=O)O)c(-c3ccccc3)oc2c1.[Na+]. The standard InChI is InChI=1S/C16H12O7S.Na/c1-21-11-7-8-12-13(9-11)22-15(10-5-3-2-4-6-10)16(14(12)17)23-24(18,19)20;/h2-9H,1H3,(H,18,19,20);/q;+1. The molecule has 0 atom stereocenters. The number of benzene rings is 2. The van der Waals surface area contributed by atoms with Gasteiger partial charge in [-0.15, -0.1) is 0 Å². The average molecular weight is 371 g/mol. The van der Waals surface area contributed by atoms with E-state index in [1.54, 1.807) is 30.3 Å². The van der Waals surface area contributed by atoms with Crippen LogP contribution in [-0.4, -0.2) is 20.1 Å². The van der Waals surface area contributed by atoms with E-state index in [-0.39, 0.29) is 46.3 Å². The molecule has 9 heteroatoms. The van der Waals surface area contributed by atoms with Crippen LogP contribution in [0.2, 0.25) is 0 Å². The van der Waals surface area contributed by atoms with Gasteiger partial charge >= 0.3 is 40.0 Å². The molecule has 3 rings (SSSR count). The van der Waals surface area contributed by atoms with Crippen molar-refractivity contribution in [2.45, 2.75) is 0 Å². The van der Waals surface area contributed by atoms with Crippen LogP contribution in [0, 0.1) is 0 Å². The molecule has 25 heavy (non-hydrogen) atoms. The molecule has 0 radical (unpaired) electrons. The Balaban J connectivity index is 0.00000225. The van der Waals surface area contributed by atoms with Crippen molar-refractivity contribution >= 4 is 21.4 Å². The Labute approximate surface area is 165 Å². The van der Waals surface area contributed by atoms with Crippen LogP contribution in [0.1, 0.15) is 0 Å². The zero-order chi connectivity index (χ0) is 17.3. The average Bonchev–Trinajstić information content (AvgIpc) is 2.56. The number of hydrogen-bond donors (Lipinski definition) is 1. The first-order valence-electron chi connectivity index (χ1n) is 6.76. The minimum absolute atomic E-state index is 0. The third-order valence-electron chi connectivity index (χ3n) is 3.28. The summed E-state index contributed by atoms with van der Waals surface area (Å²) >= 11 is 0. The van der Waals surface area contributed by atoms with E-state index in [0.29, 0.717) is 11.3 Å². The molecule has 1 heterocycles. The monoisotopic (exact) mass is 371 g/mol. The summed E-state index contributed by atoms with van der Waals surface area (Å²) in [4.78, 5) is 12.6. The number of rotatable bonds is 4. The van der Waals surface area contributed by atoms with E-state index in [2.05, 4.69) is 4.18 Å². The van der Waals surface area contributed by atoms with Gasteiger partial charge in [-0.05, 0) is 12.1 Å². The molecule has 1 N–H and O–H groups in total. The van der Waals surface area contributed by atoms with Crippen LogP contribution in [0.5, 0.6) is 11.5 Å². The van der Waals surface area contributed by atoms with Crippen LogP contribution in [0.15, 0.2) is 57.7 Å². The largest absolute Gasteiger partial charge is 1.00 e. The first-order chi connectivity index (χ1) is 11.4. The minimum Gasteiger partial charge on any atom is -0.497 e. The van der Waals surface area contributed by atoms with Crippen LogP contribution in [0.25, 0.3) is 22.3 Å². The molecule has 1 aromatic heterocycles. The van der Waals surface area contributed by atoms with Crippen LogP contribution in [0.3, 0.4) is 0 Å². The Morgan fingerprint density at radius 1 is 1.08 bits per heavy atom. The summed E-state index contributed by atoms with van der Waals surface area (Å²) in [6.45, 7) is 0. The van der Waals surface area contributed by atoms with Crippen molar-refractivity contribution in [3.05, 3.63) is 58.8 Å². The van der Waals surface area contributed by atoms with Crippen molar-refractivity contribution in [3.63, 3.8) is 0 Å². The van der Waals surface area contributed by atoms with Gasteiger partial charge in [0.05, 0.1) is 12.5 Å². The van der Waals surface area contributed by atoms with Gasteiger partial charge in [0, 0.05) is 11.6 Å². The molecule has 0 saturated carbocycles. The molecule has 0 fully saturated rings. The third-order valence-corrected chi connectivity index (χ3v) is 3.66. The van der Waals surface area contributed by atoms with Gasteiger partial charge in [0.15, 0.2) is 5.76 Å². The summed E-state index contributed by atoms with van der Waals surface area (Å²) < 4.78 is 46.4. The maximum Gasteiger partial charge on any atom is 1.00 e. The zero-order valence-corrected chi connectivity index (χ0v) is 16.2. The first kappa shape index (κ1) is 19.5. The van der Waals surface area contributed by atoms with Crippen molar-refractivity contribution in [2.24, 2.45) is 0 Å². The zero-order valence-electron chi connectivity index (χ0n) is 13.4. The summed E-state index contributed by atoms with van der Waals surface area (Å²) in [5, 5.41) is 0.0918. The molecule has 7 nitrogen and oxygen atoms in total. The molecule has 0 saturated heterocycles. The third kappa shape index (κ3) is 4.23. The molecule has 0 amide bonds. The number of hydrogen-bond acceptors (Lipinski definition) is 6. The van der Waals surface area contributed by atoms with Crippen molar-refractivity contribution in [1.29, 1.82) is 0 Å². The molecule has 2 aromatic carbocycles. The first-order valence-corrected chi connectivity index (χ1v) is 8.13. The second-order valence-electron chi connectivity index (χ2n) is 4.83. The summed E-state index contributed by atoms with van der Waals surface area (Å²) in [6, 6.07) is 12.8. The molecule has 0 spiro atoms. The number of ether oxygens (including phenoxy) is 1. The van der Waals surface area contributed by atoms with Gasteiger partial charge in [0.2, 0.25) is 11.2 Å². The molecule has 0 bridgehead atoms. The smallest absolute Gasteiger partial charge is 0.497 e. The van der Waals surface area contributed by atoms with Crippen molar-refractivity contribution in [2.75, 3.05) is 7.11 Å². The molecule has 0 aliphatic heterocycles. The van der Waals surface area contributed by atoms with Crippen LogP contribution < -0.4 is 43.9 Å². The summed E-state index contributed by atoms with van der Waals surface area (Å²) in [5.74, 6) is -0.256. The quantitative estimate of drug-likeness (QED) is 0.494. The van der Waals surface area contributed by atoms with Gasteiger partial charge < -0.3 is 13.3 Å². The van der Waals surface area contributed by atoms with Gasteiger partial charge in [-0.2, -0.15) is 8.42 Å². The second kappa shape index (κ2) is 7.59. The Morgan fingerprint density at radius 3 is 2.36 bits per heavy atom. The van der Waals surface area contributed by atoms with E-state index < -0.39 is 21.6 Å².